The Morgan fingerprint density at radius 3 is 2.83 bits per heavy atom. The van der Waals surface area contributed by atoms with Crippen molar-refractivity contribution in [1.29, 1.82) is 0 Å². The summed E-state index contributed by atoms with van der Waals surface area (Å²) >= 11 is 0. The van der Waals surface area contributed by atoms with E-state index in [1.54, 1.807) is 10.9 Å². The molecular formula is C17H22N4O2. The van der Waals surface area contributed by atoms with E-state index >= 15 is 0 Å². The molecule has 0 radical (unpaired) electrons. The number of aromatic nitrogens is 3. The van der Waals surface area contributed by atoms with Gasteiger partial charge in [0.05, 0.1) is 5.69 Å². The van der Waals surface area contributed by atoms with Crippen LogP contribution in [0, 0.1) is 0 Å². The highest BCUT2D eigenvalue weighted by Crippen LogP contribution is 2.26. The van der Waals surface area contributed by atoms with E-state index in [1.807, 2.05) is 24.3 Å². The number of rotatable bonds is 3. The van der Waals surface area contributed by atoms with Crippen LogP contribution in [-0.4, -0.2) is 33.4 Å². The van der Waals surface area contributed by atoms with Crippen LogP contribution >= 0.6 is 0 Å². The number of nitrogens with zero attached hydrogens (tertiary/aromatic N) is 3. The first-order valence-corrected chi connectivity index (χ1v) is 7.89. The number of carbonyl (C=O) groups is 1. The fraction of sp³-hybridized carbons (Fsp3) is 0.471. The number of hydrogen-bond acceptors (Lipinski definition) is 4. The van der Waals surface area contributed by atoms with Crippen LogP contribution in [0.2, 0.25) is 0 Å². The van der Waals surface area contributed by atoms with Crippen LogP contribution in [0.15, 0.2) is 30.5 Å². The predicted octanol–water partition coefficient (Wildman–Crippen LogP) is 2.68. The highest BCUT2D eigenvalue weighted by atomic mass is 16.5. The van der Waals surface area contributed by atoms with E-state index in [2.05, 4.69) is 36.2 Å². The standard InChI is InChI=1S/C17H22N4O2/c1-17(2,3)13-11-15(19-16(22)12-7-6-10-23-12)21(20-13)14-8-4-5-9-18-14/h4-5,8-9,11-12H,6-7,10H2,1-3H3,(H,19,22)/t12-/m0/s1. The van der Waals surface area contributed by atoms with Crippen molar-refractivity contribution in [3.8, 4) is 5.82 Å². The highest BCUT2D eigenvalue weighted by molar-refractivity contribution is 5.93. The first-order valence-electron chi connectivity index (χ1n) is 7.89. The smallest absolute Gasteiger partial charge is 0.254 e. The van der Waals surface area contributed by atoms with Crippen LogP contribution in [0.25, 0.3) is 5.82 Å². The second kappa shape index (κ2) is 6.12. The Morgan fingerprint density at radius 1 is 1.39 bits per heavy atom. The first kappa shape index (κ1) is 15.7. The lowest BCUT2D eigenvalue weighted by Gasteiger charge is -2.13. The molecule has 3 heterocycles. The molecule has 0 saturated carbocycles. The fourth-order valence-corrected chi connectivity index (χ4v) is 2.48. The first-order chi connectivity index (χ1) is 10.9. The fourth-order valence-electron chi connectivity index (χ4n) is 2.48. The quantitative estimate of drug-likeness (QED) is 0.945. The number of hydrogen-bond donors (Lipinski definition) is 1. The van der Waals surface area contributed by atoms with Crippen LogP contribution in [0.3, 0.4) is 0 Å². The summed E-state index contributed by atoms with van der Waals surface area (Å²) in [6, 6.07) is 7.51. The van der Waals surface area contributed by atoms with E-state index in [9.17, 15) is 4.79 Å². The minimum absolute atomic E-state index is 0.122. The summed E-state index contributed by atoms with van der Waals surface area (Å²) in [5.41, 5.74) is 0.773. The van der Waals surface area contributed by atoms with Crippen molar-refractivity contribution in [2.45, 2.75) is 45.1 Å². The van der Waals surface area contributed by atoms with Gasteiger partial charge in [-0.15, -0.1) is 0 Å². The second-order valence-electron chi connectivity index (χ2n) is 6.76. The van der Waals surface area contributed by atoms with Crippen LogP contribution in [0.4, 0.5) is 5.82 Å². The van der Waals surface area contributed by atoms with Gasteiger partial charge < -0.3 is 10.1 Å². The SMILES string of the molecule is CC(C)(C)c1cc(NC(=O)[C@@H]2CCCO2)n(-c2ccccn2)n1. The van der Waals surface area contributed by atoms with Crippen LogP contribution in [0.1, 0.15) is 39.3 Å². The maximum atomic E-state index is 12.4. The van der Waals surface area contributed by atoms with Gasteiger partial charge in [0.15, 0.2) is 5.82 Å². The summed E-state index contributed by atoms with van der Waals surface area (Å²) in [4.78, 5) is 16.7. The normalized spacial score (nSPS) is 18.1. The zero-order valence-electron chi connectivity index (χ0n) is 13.7. The average Bonchev–Trinajstić information content (AvgIpc) is 3.17. The average molecular weight is 314 g/mol. The van der Waals surface area contributed by atoms with Crippen molar-refractivity contribution in [3.63, 3.8) is 0 Å². The van der Waals surface area contributed by atoms with Crippen LogP contribution in [-0.2, 0) is 14.9 Å². The number of anilines is 1. The summed E-state index contributed by atoms with van der Waals surface area (Å²) in [5.74, 6) is 1.17. The van der Waals surface area contributed by atoms with Crippen molar-refractivity contribution in [2.24, 2.45) is 0 Å². The lowest BCUT2D eigenvalue weighted by molar-refractivity contribution is -0.124. The molecule has 3 rings (SSSR count). The van der Waals surface area contributed by atoms with Gasteiger partial charge in [0.25, 0.3) is 5.91 Å². The van der Waals surface area contributed by atoms with Gasteiger partial charge in [0.2, 0.25) is 0 Å². The summed E-state index contributed by atoms with van der Waals surface area (Å²) in [5, 5.41) is 7.57. The topological polar surface area (TPSA) is 69.0 Å². The zero-order chi connectivity index (χ0) is 16.4. The van der Waals surface area contributed by atoms with Gasteiger partial charge in [-0.25, -0.2) is 4.98 Å². The maximum absolute atomic E-state index is 12.4. The molecule has 122 valence electrons. The maximum Gasteiger partial charge on any atom is 0.254 e. The number of pyridine rings is 1. The molecule has 1 fully saturated rings. The van der Waals surface area contributed by atoms with E-state index in [0.717, 1.165) is 18.5 Å². The largest absolute Gasteiger partial charge is 0.368 e. The monoisotopic (exact) mass is 314 g/mol. The number of nitrogens with one attached hydrogen (secondary N) is 1. The molecule has 1 atom stereocenters. The van der Waals surface area contributed by atoms with Crippen molar-refractivity contribution in [2.75, 3.05) is 11.9 Å². The molecule has 0 aromatic carbocycles. The van der Waals surface area contributed by atoms with E-state index in [4.69, 9.17) is 4.74 Å². The molecule has 0 spiro atoms. The van der Waals surface area contributed by atoms with Gasteiger partial charge in [-0.3, -0.25) is 4.79 Å². The van der Waals surface area contributed by atoms with Gasteiger partial charge in [-0.2, -0.15) is 9.78 Å². The summed E-state index contributed by atoms with van der Waals surface area (Å²) in [6.07, 6.45) is 3.01. The van der Waals surface area contributed by atoms with E-state index in [0.29, 0.717) is 18.2 Å². The molecular weight excluding hydrogens is 292 g/mol. The molecule has 23 heavy (non-hydrogen) atoms. The van der Waals surface area contributed by atoms with Gasteiger partial charge >= 0.3 is 0 Å². The third kappa shape index (κ3) is 3.42. The molecule has 0 aliphatic carbocycles. The Labute approximate surface area is 135 Å². The van der Waals surface area contributed by atoms with Crippen LogP contribution < -0.4 is 5.32 Å². The minimum Gasteiger partial charge on any atom is -0.368 e. The lowest BCUT2D eigenvalue weighted by atomic mass is 9.92. The molecule has 1 aliphatic rings. The Bertz CT molecular complexity index is 682. The molecule has 6 heteroatoms. The summed E-state index contributed by atoms with van der Waals surface area (Å²) < 4.78 is 7.12. The molecule has 2 aromatic heterocycles. The third-order valence-electron chi connectivity index (χ3n) is 3.82. The Morgan fingerprint density at radius 2 is 2.22 bits per heavy atom. The third-order valence-corrected chi connectivity index (χ3v) is 3.82. The van der Waals surface area contributed by atoms with Gasteiger partial charge in [0, 0.05) is 24.3 Å². The zero-order valence-corrected chi connectivity index (χ0v) is 13.7. The van der Waals surface area contributed by atoms with Gasteiger partial charge in [-0.05, 0) is 25.0 Å². The molecule has 1 N–H and O–H groups in total. The minimum atomic E-state index is -0.375. The van der Waals surface area contributed by atoms with Crippen molar-refractivity contribution in [3.05, 3.63) is 36.2 Å². The number of amides is 1. The Kier molecular flexibility index (Phi) is 4.17. The molecule has 2 aromatic rings. The van der Waals surface area contributed by atoms with Gasteiger partial charge in [-0.1, -0.05) is 26.8 Å². The molecule has 0 bridgehead atoms. The summed E-state index contributed by atoms with van der Waals surface area (Å²) in [7, 11) is 0. The predicted molar refractivity (Wildman–Crippen MR) is 87.7 cm³/mol. The van der Waals surface area contributed by atoms with E-state index in [1.165, 1.54) is 0 Å². The second-order valence-corrected chi connectivity index (χ2v) is 6.76. The molecule has 6 nitrogen and oxygen atoms in total. The highest BCUT2D eigenvalue weighted by Gasteiger charge is 2.26. The lowest BCUT2D eigenvalue weighted by Crippen LogP contribution is -2.28. The van der Waals surface area contributed by atoms with Crippen LogP contribution in [0.5, 0.6) is 0 Å². The van der Waals surface area contributed by atoms with Crippen molar-refractivity contribution >= 4 is 11.7 Å². The Hall–Kier alpha value is -2.21. The number of ether oxygens (including phenoxy) is 1. The molecule has 1 saturated heterocycles. The Balaban J connectivity index is 1.94. The van der Waals surface area contributed by atoms with E-state index in [-0.39, 0.29) is 17.4 Å². The summed E-state index contributed by atoms with van der Waals surface area (Å²) in [6.45, 7) is 6.90. The van der Waals surface area contributed by atoms with Crippen molar-refractivity contribution in [1.82, 2.24) is 14.8 Å². The van der Waals surface area contributed by atoms with Crippen molar-refractivity contribution < 1.29 is 9.53 Å². The van der Waals surface area contributed by atoms with E-state index < -0.39 is 0 Å². The molecule has 1 amide bonds. The number of carbonyl (C=O) groups excluding carboxylic acids is 1. The van der Waals surface area contributed by atoms with Gasteiger partial charge in [0.1, 0.15) is 11.9 Å². The molecule has 0 unspecified atom stereocenters. The molecule has 1 aliphatic heterocycles.